The molecule has 0 radical (unpaired) electrons. The van der Waals surface area contributed by atoms with Crippen LogP contribution in [0.2, 0.25) is 0 Å². The van der Waals surface area contributed by atoms with Gasteiger partial charge in [0.25, 0.3) is 0 Å². The molecule has 0 aliphatic rings. The minimum atomic E-state index is -0.920. The Kier molecular flexibility index (Phi) is 5.64. The summed E-state index contributed by atoms with van der Waals surface area (Å²) in [7, 11) is 0. The number of nitrogens with zero attached hydrogens (tertiary/aromatic N) is 1. The number of allylic oxidation sites excluding steroid dienone is 1. The van der Waals surface area contributed by atoms with E-state index in [1.807, 2.05) is 0 Å². The number of hydrogen-bond acceptors (Lipinski definition) is 2. The molecule has 0 spiro atoms. The highest BCUT2D eigenvalue weighted by molar-refractivity contribution is 6.06. The molecule has 1 aromatic carbocycles. The van der Waals surface area contributed by atoms with Gasteiger partial charge in [-0.2, -0.15) is 5.26 Å². The Balaban J connectivity index is 0.000000500. The molecule has 72 valence electrons. The number of halogens is 1. The zero-order valence-corrected chi connectivity index (χ0v) is 7.83. The van der Waals surface area contributed by atoms with E-state index in [0.717, 1.165) is 0 Å². The summed E-state index contributed by atoms with van der Waals surface area (Å²) in [5.74, 6) is -1.57. The predicted molar refractivity (Wildman–Crippen MR) is 52.3 cm³/mol. The van der Waals surface area contributed by atoms with Crippen molar-refractivity contribution in [2.75, 3.05) is 0 Å². The zero-order chi connectivity index (χ0) is 11.0. The first-order chi connectivity index (χ1) is 6.63. The van der Waals surface area contributed by atoms with E-state index in [0.29, 0.717) is 5.56 Å². The number of nitriles is 1. The number of hydrogen-bond donors (Lipinski definition) is 0. The van der Waals surface area contributed by atoms with Gasteiger partial charge in [-0.05, 0) is 0 Å². The predicted octanol–water partition coefficient (Wildman–Crippen LogP) is 2.88. The van der Waals surface area contributed by atoms with Gasteiger partial charge in [-0.25, -0.2) is 4.39 Å². The van der Waals surface area contributed by atoms with Crippen molar-refractivity contribution in [2.45, 2.75) is 6.92 Å². The van der Waals surface area contributed by atoms with E-state index in [4.69, 9.17) is 5.26 Å². The lowest BCUT2D eigenvalue weighted by molar-refractivity contribution is 0.100. The minimum Gasteiger partial charge on any atom is -0.286 e. The number of carbonyl (C=O) groups is 1. The van der Waals surface area contributed by atoms with Crippen molar-refractivity contribution in [3.05, 3.63) is 48.3 Å². The number of Topliss-reactive ketones (excluding diaryl/α,β-unsaturated/α-hetero) is 1. The monoisotopic (exact) mass is 191 g/mol. The van der Waals surface area contributed by atoms with Crippen LogP contribution in [0.1, 0.15) is 17.3 Å². The second-order valence-corrected chi connectivity index (χ2v) is 2.32. The zero-order valence-electron chi connectivity index (χ0n) is 7.83. The van der Waals surface area contributed by atoms with E-state index in [9.17, 15) is 9.18 Å². The molecule has 3 heteroatoms. The maximum absolute atomic E-state index is 12.2. The first-order valence-corrected chi connectivity index (χ1v) is 3.88. The highest BCUT2D eigenvalue weighted by Crippen LogP contribution is 2.06. The fourth-order valence-corrected chi connectivity index (χ4v) is 0.746. The van der Waals surface area contributed by atoms with Gasteiger partial charge in [0.05, 0.1) is 6.07 Å². The Morgan fingerprint density at radius 1 is 1.43 bits per heavy atom. The molecule has 0 fully saturated rings. The number of carbonyl (C=O) groups excluding carboxylic acids is 1. The van der Waals surface area contributed by atoms with Crippen molar-refractivity contribution >= 4 is 5.78 Å². The van der Waals surface area contributed by atoms with Crippen LogP contribution in [-0.4, -0.2) is 5.78 Å². The lowest BCUT2D eigenvalue weighted by Gasteiger charge is -1.94. The maximum atomic E-state index is 12.2. The average molecular weight is 191 g/mol. The van der Waals surface area contributed by atoms with Gasteiger partial charge < -0.3 is 0 Å². The lowest BCUT2D eigenvalue weighted by Crippen LogP contribution is -1.96. The van der Waals surface area contributed by atoms with E-state index < -0.39 is 11.6 Å². The summed E-state index contributed by atoms with van der Waals surface area (Å²) in [6, 6.07) is 9.96. The van der Waals surface area contributed by atoms with E-state index in [1.54, 1.807) is 36.4 Å². The van der Waals surface area contributed by atoms with Crippen molar-refractivity contribution in [3.63, 3.8) is 0 Å². The molecular weight excluding hydrogens is 181 g/mol. The van der Waals surface area contributed by atoms with Gasteiger partial charge in [-0.15, -0.1) is 0 Å². The summed E-state index contributed by atoms with van der Waals surface area (Å²) in [5, 5.41) is 7.32. The summed E-state index contributed by atoms with van der Waals surface area (Å²) in [5.41, 5.74) is 0.333. The van der Waals surface area contributed by atoms with Crippen LogP contribution in [0, 0.1) is 11.3 Å². The third kappa shape index (κ3) is 4.17. The highest BCUT2D eigenvalue weighted by Gasteiger charge is 2.07. The molecule has 14 heavy (non-hydrogen) atoms. The van der Waals surface area contributed by atoms with Crippen molar-refractivity contribution in [1.29, 1.82) is 5.26 Å². The summed E-state index contributed by atoms with van der Waals surface area (Å²) in [6.45, 7) is 4.35. The van der Waals surface area contributed by atoms with Crippen LogP contribution < -0.4 is 0 Å². The Bertz CT molecular complexity index is 351. The topological polar surface area (TPSA) is 40.9 Å². The third-order valence-electron chi connectivity index (χ3n) is 1.28. The smallest absolute Gasteiger partial charge is 0.220 e. The van der Waals surface area contributed by atoms with Crippen molar-refractivity contribution in [1.82, 2.24) is 0 Å². The van der Waals surface area contributed by atoms with Crippen LogP contribution in [0.5, 0.6) is 0 Å². The van der Waals surface area contributed by atoms with Gasteiger partial charge in [0, 0.05) is 12.5 Å². The van der Waals surface area contributed by atoms with E-state index in [1.165, 1.54) is 6.92 Å². The van der Waals surface area contributed by atoms with Crippen LogP contribution in [0.3, 0.4) is 0 Å². The van der Waals surface area contributed by atoms with Gasteiger partial charge in [0.15, 0.2) is 5.83 Å². The van der Waals surface area contributed by atoms with Crippen LogP contribution >= 0.6 is 0 Å². The third-order valence-corrected chi connectivity index (χ3v) is 1.28. The SMILES string of the molecule is C=C(F)C(=O)c1ccccc1.CC#N. The van der Waals surface area contributed by atoms with Crippen LogP contribution in [0.15, 0.2) is 42.7 Å². The fourth-order valence-electron chi connectivity index (χ4n) is 0.746. The Labute approximate surface area is 82.3 Å². The van der Waals surface area contributed by atoms with Crippen molar-refractivity contribution in [3.8, 4) is 6.07 Å². The molecule has 0 N–H and O–H groups in total. The van der Waals surface area contributed by atoms with E-state index in [-0.39, 0.29) is 0 Å². The molecular formula is C11H10FNO. The second-order valence-electron chi connectivity index (χ2n) is 2.32. The molecule has 0 aliphatic carbocycles. The second kappa shape index (κ2) is 6.55. The molecule has 2 nitrogen and oxygen atoms in total. The molecule has 0 saturated carbocycles. The molecule has 0 saturated heterocycles. The normalized spacial score (nSPS) is 7.79. The van der Waals surface area contributed by atoms with Crippen LogP contribution in [0.25, 0.3) is 0 Å². The largest absolute Gasteiger partial charge is 0.286 e. The summed E-state index contributed by atoms with van der Waals surface area (Å²) in [6.07, 6.45) is 0. The van der Waals surface area contributed by atoms with Gasteiger partial charge >= 0.3 is 0 Å². The van der Waals surface area contributed by atoms with Crippen LogP contribution in [0.4, 0.5) is 4.39 Å². The average Bonchev–Trinajstić information content (AvgIpc) is 2.19. The van der Waals surface area contributed by atoms with E-state index in [2.05, 4.69) is 6.58 Å². The molecule has 0 unspecified atom stereocenters. The number of ketones is 1. The standard InChI is InChI=1S/C9H7FO.C2H3N/c1-7(10)9(11)8-5-3-2-4-6-8;1-2-3/h2-6H,1H2;1H3. The summed E-state index contributed by atoms with van der Waals surface area (Å²) < 4.78 is 12.2. The Morgan fingerprint density at radius 3 is 2.21 bits per heavy atom. The van der Waals surface area contributed by atoms with Crippen molar-refractivity contribution < 1.29 is 9.18 Å². The summed E-state index contributed by atoms with van der Waals surface area (Å²) in [4.78, 5) is 10.9. The van der Waals surface area contributed by atoms with Gasteiger partial charge in [0.2, 0.25) is 5.78 Å². The maximum Gasteiger partial charge on any atom is 0.220 e. The molecule has 0 atom stereocenters. The first kappa shape index (κ1) is 12.0. The van der Waals surface area contributed by atoms with Gasteiger partial charge in [0.1, 0.15) is 0 Å². The van der Waals surface area contributed by atoms with Gasteiger partial charge in [-0.3, -0.25) is 4.79 Å². The van der Waals surface area contributed by atoms with Crippen molar-refractivity contribution in [2.24, 2.45) is 0 Å². The molecule has 0 heterocycles. The Hall–Kier alpha value is -1.95. The molecule has 1 rings (SSSR count). The highest BCUT2D eigenvalue weighted by atomic mass is 19.1. The minimum absolute atomic E-state index is 0.333. The molecule has 1 aromatic rings. The number of benzene rings is 1. The summed E-state index contributed by atoms with van der Waals surface area (Å²) >= 11 is 0. The quantitative estimate of drug-likeness (QED) is 0.532. The lowest BCUT2D eigenvalue weighted by atomic mass is 10.1. The molecule has 0 aliphatic heterocycles. The van der Waals surface area contributed by atoms with Gasteiger partial charge in [-0.1, -0.05) is 36.9 Å². The Morgan fingerprint density at radius 2 is 1.86 bits per heavy atom. The molecule has 0 bridgehead atoms. The van der Waals surface area contributed by atoms with E-state index >= 15 is 0 Å². The first-order valence-electron chi connectivity index (χ1n) is 3.88. The molecule has 0 amide bonds. The van der Waals surface area contributed by atoms with Crippen LogP contribution in [-0.2, 0) is 0 Å². The molecule has 0 aromatic heterocycles. The fraction of sp³-hybridized carbons (Fsp3) is 0.0909. The number of rotatable bonds is 2.